The molecule has 1 saturated heterocycles. The Morgan fingerprint density at radius 2 is 2.13 bits per heavy atom. The average molecular weight is 241 g/mol. The number of nitrogens with one attached hydrogen (secondary N) is 1. The monoisotopic (exact) mass is 240 g/mol. The number of thioether (sulfide) groups is 1. The summed E-state index contributed by atoms with van der Waals surface area (Å²) < 4.78 is 0. The van der Waals surface area contributed by atoms with Gasteiger partial charge >= 0.3 is 0 Å². The molecule has 1 heterocycles. The summed E-state index contributed by atoms with van der Waals surface area (Å²) >= 11 is 7.90. The Balaban J connectivity index is 1.98. The molecule has 1 fully saturated rings. The summed E-state index contributed by atoms with van der Waals surface area (Å²) in [4.78, 5) is 2.04. The maximum atomic E-state index is 7.69. The molecule has 0 aliphatic carbocycles. The summed E-state index contributed by atoms with van der Waals surface area (Å²) in [6.07, 6.45) is 0. The van der Waals surface area contributed by atoms with E-state index in [9.17, 15) is 0 Å². The zero-order chi connectivity index (χ0) is 10.7. The molecular formula is C11H13ClN2S. The smallest absolute Gasteiger partial charge is 0.156 e. The van der Waals surface area contributed by atoms with Gasteiger partial charge in [0.2, 0.25) is 0 Å². The molecule has 80 valence electrons. The van der Waals surface area contributed by atoms with Gasteiger partial charge in [-0.15, -0.1) is 11.6 Å². The lowest BCUT2D eigenvalue weighted by Crippen LogP contribution is -2.27. The SMILES string of the molecule is N=C1SCCN1C[C@H](Cl)c1ccccc1. The molecule has 1 aromatic carbocycles. The van der Waals surface area contributed by atoms with Gasteiger partial charge in [-0.05, 0) is 5.56 Å². The lowest BCUT2D eigenvalue weighted by atomic mass is 10.1. The van der Waals surface area contributed by atoms with Gasteiger partial charge in [0.1, 0.15) is 0 Å². The number of hydrogen-bond donors (Lipinski definition) is 1. The number of rotatable bonds is 3. The first-order valence-corrected chi connectivity index (χ1v) is 6.35. The van der Waals surface area contributed by atoms with Crippen LogP contribution in [0.15, 0.2) is 30.3 Å². The van der Waals surface area contributed by atoms with Gasteiger partial charge in [-0.25, -0.2) is 0 Å². The van der Waals surface area contributed by atoms with E-state index in [0.717, 1.165) is 24.4 Å². The summed E-state index contributed by atoms with van der Waals surface area (Å²) in [6.45, 7) is 1.68. The van der Waals surface area contributed by atoms with Gasteiger partial charge in [-0.3, -0.25) is 5.41 Å². The fraction of sp³-hybridized carbons (Fsp3) is 0.364. The largest absolute Gasteiger partial charge is 0.349 e. The molecule has 4 heteroatoms. The van der Waals surface area contributed by atoms with Crippen LogP contribution in [0.2, 0.25) is 0 Å². The van der Waals surface area contributed by atoms with Crippen molar-refractivity contribution in [3.63, 3.8) is 0 Å². The second kappa shape index (κ2) is 4.90. The van der Waals surface area contributed by atoms with Crippen LogP contribution in [0.1, 0.15) is 10.9 Å². The highest BCUT2D eigenvalue weighted by molar-refractivity contribution is 8.14. The number of benzene rings is 1. The second-order valence-electron chi connectivity index (χ2n) is 3.48. The molecule has 1 atom stereocenters. The third-order valence-corrected chi connectivity index (χ3v) is 3.74. The van der Waals surface area contributed by atoms with Crippen molar-refractivity contribution in [1.82, 2.24) is 4.90 Å². The lowest BCUT2D eigenvalue weighted by Gasteiger charge is -2.20. The van der Waals surface area contributed by atoms with Crippen molar-refractivity contribution in [3.8, 4) is 0 Å². The minimum Gasteiger partial charge on any atom is -0.349 e. The van der Waals surface area contributed by atoms with Crippen LogP contribution in [0, 0.1) is 5.41 Å². The molecule has 0 amide bonds. The van der Waals surface area contributed by atoms with Gasteiger partial charge in [-0.1, -0.05) is 42.1 Å². The van der Waals surface area contributed by atoms with E-state index >= 15 is 0 Å². The molecular weight excluding hydrogens is 228 g/mol. The van der Waals surface area contributed by atoms with Crippen molar-refractivity contribution >= 4 is 28.5 Å². The predicted molar refractivity (Wildman–Crippen MR) is 66.8 cm³/mol. The fourth-order valence-corrected chi connectivity index (χ4v) is 2.75. The zero-order valence-electron chi connectivity index (χ0n) is 8.32. The highest BCUT2D eigenvalue weighted by atomic mass is 35.5. The van der Waals surface area contributed by atoms with Crippen molar-refractivity contribution in [2.75, 3.05) is 18.8 Å². The molecule has 2 nitrogen and oxygen atoms in total. The Labute approximate surface area is 99.1 Å². The molecule has 15 heavy (non-hydrogen) atoms. The van der Waals surface area contributed by atoms with E-state index in [1.54, 1.807) is 11.8 Å². The molecule has 0 spiro atoms. The summed E-state index contributed by atoms with van der Waals surface area (Å²) in [5.74, 6) is 1.01. The first-order chi connectivity index (χ1) is 7.27. The van der Waals surface area contributed by atoms with E-state index in [0.29, 0.717) is 5.17 Å². The highest BCUT2D eigenvalue weighted by Gasteiger charge is 2.20. The molecule has 0 radical (unpaired) electrons. The van der Waals surface area contributed by atoms with Crippen molar-refractivity contribution in [3.05, 3.63) is 35.9 Å². The number of amidine groups is 1. The van der Waals surface area contributed by atoms with Crippen LogP contribution in [0.3, 0.4) is 0 Å². The van der Waals surface area contributed by atoms with E-state index in [-0.39, 0.29) is 5.38 Å². The third-order valence-electron chi connectivity index (χ3n) is 2.43. The molecule has 0 bridgehead atoms. The average Bonchev–Trinajstić information content (AvgIpc) is 2.66. The minimum absolute atomic E-state index is 0.0229. The van der Waals surface area contributed by atoms with Crippen LogP contribution in [0.25, 0.3) is 0 Å². The standard InChI is InChI=1S/C11H13ClN2S/c12-10(9-4-2-1-3-5-9)8-14-6-7-15-11(14)13/h1-5,10,13H,6-8H2/t10-/m0/s1. The van der Waals surface area contributed by atoms with Crippen LogP contribution in [0.5, 0.6) is 0 Å². The second-order valence-corrected chi connectivity index (χ2v) is 5.09. The summed E-state index contributed by atoms with van der Waals surface area (Å²) in [6, 6.07) is 10.0. The lowest BCUT2D eigenvalue weighted by molar-refractivity contribution is 0.457. The van der Waals surface area contributed by atoms with Gasteiger partial charge in [0.05, 0.1) is 5.38 Å². The quantitative estimate of drug-likeness (QED) is 0.823. The first kappa shape index (κ1) is 10.8. The van der Waals surface area contributed by atoms with Gasteiger partial charge in [-0.2, -0.15) is 0 Å². The minimum atomic E-state index is -0.0229. The van der Waals surface area contributed by atoms with Crippen LogP contribution in [0.4, 0.5) is 0 Å². The van der Waals surface area contributed by atoms with Crippen molar-refractivity contribution in [1.29, 1.82) is 5.41 Å². The van der Waals surface area contributed by atoms with Gasteiger partial charge in [0.15, 0.2) is 5.17 Å². The fourth-order valence-electron chi connectivity index (χ4n) is 1.58. The van der Waals surface area contributed by atoms with Crippen molar-refractivity contribution < 1.29 is 0 Å². The Hall–Kier alpha value is -0.670. The predicted octanol–water partition coefficient (Wildman–Crippen LogP) is 2.95. The molecule has 0 unspecified atom stereocenters. The molecule has 1 N–H and O–H groups in total. The van der Waals surface area contributed by atoms with E-state index in [4.69, 9.17) is 17.0 Å². The van der Waals surface area contributed by atoms with E-state index in [1.165, 1.54) is 0 Å². The highest BCUT2D eigenvalue weighted by Crippen LogP contribution is 2.25. The molecule has 1 aliphatic rings. The van der Waals surface area contributed by atoms with Crippen molar-refractivity contribution in [2.45, 2.75) is 5.38 Å². The molecule has 0 aromatic heterocycles. The number of halogens is 1. The van der Waals surface area contributed by atoms with E-state index in [1.807, 2.05) is 35.2 Å². The van der Waals surface area contributed by atoms with Gasteiger partial charge in [0.25, 0.3) is 0 Å². The molecule has 2 rings (SSSR count). The summed E-state index contributed by atoms with van der Waals surface area (Å²) in [5.41, 5.74) is 1.13. The van der Waals surface area contributed by atoms with E-state index < -0.39 is 0 Å². The number of hydrogen-bond acceptors (Lipinski definition) is 2. The topological polar surface area (TPSA) is 27.1 Å². The Kier molecular flexibility index (Phi) is 3.54. The van der Waals surface area contributed by atoms with Gasteiger partial charge in [0, 0.05) is 18.8 Å². The Morgan fingerprint density at radius 3 is 2.73 bits per heavy atom. The molecule has 0 saturated carbocycles. The van der Waals surface area contributed by atoms with Gasteiger partial charge < -0.3 is 4.90 Å². The van der Waals surface area contributed by atoms with Crippen LogP contribution in [-0.2, 0) is 0 Å². The summed E-state index contributed by atoms with van der Waals surface area (Å²) in [5, 5.41) is 8.32. The van der Waals surface area contributed by atoms with Crippen LogP contribution < -0.4 is 0 Å². The van der Waals surface area contributed by atoms with Crippen LogP contribution in [-0.4, -0.2) is 28.9 Å². The van der Waals surface area contributed by atoms with E-state index in [2.05, 4.69) is 0 Å². The molecule has 1 aliphatic heterocycles. The maximum absolute atomic E-state index is 7.69. The summed E-state index contributed by atoms with van der Waals surface area (Å²) in [7, 11) is 0. The zero-order valence-corrected chi connectivity index (χ0v) is 9.89. The normalized spacial score (nSPS) is 18.2. The third kappa shape index (κ3) is 2.67. The maximum Gasteiger partial charge on any atom is 0.156 e. The van der Waals surface area contributed by atoms with Crippen molar-refractivity contribution in [2.24, 2.45) is 0 Å². The van der Waals surface area contributed by atoms with Crippen LogP contribution >= 0.6 is 23.4 Å². The first-order valence-electron chi connectivity index (χ1n) is 4.92. The molecule has 1 aromatic rings. The number of alkyl halides is 1. The number of nitrogens with zero attached hydrogens (tertiary/aromatic N) is 1. The Morgan fingerprint density at radius 1 is 1.40 bits per heavy atom. The Bertz CT molecular complexity index is 342.